The van der Waals surface area contributed by atoms with Crippen molar-refractivity contribution < 1.29 is 4.79 Å². The van der Waals surface area contributed by atoms with Gasteiger partial charge in [0, 0.05) is 25.1 Å². The fourth-order valence-electron chi connectivity index (χ4n) is 3.27. The van der Waals surface area contributed by atoms with Crippen molar-refractivity contribution in [1.29, 1.82) is 0 Å². The molecule has 3 heterocycles. The van der Waals surface area contributed by atoms with Crippen molar-refractivity contribution in [3.05, 3.63) is 105 Å². The van der Waals surface area contributed by atoms with Gasteiger partial charge < -0.3 is 9.88 Å². The van der Waals surface area contributed by atoms with Gasteiger partial charge in [0.15, 0.2) is 5.82 Å². The van der Waals surface area contributed by atoms with Gasteiger partial charge in [-0.3, -0.25) is 19.1 Å². The van der Waals surface area contributed by atoms with Crippen LogP contribution in [0.2, 0.25) is 0 Å². The van der Waals surface area contributed by atoms with Crippen LogP contribution in [0.4, 0.5) is 0 Å². The maximum absolute atomic E-state index is 12.9. The van der Waals surface area contributed by atoms with Gasteiger partial charge in [-0.2, -0.15) is 4.98 Å². The molecule has 8 nitrogen and oxygen atoms in total. The first kappa shape index (κ1) is 20.2. The molecule has 1 amide bonds. The minimum atomic E-state index is -0.658. The smallest absolute Gasteiger partial charge is 0.350 e. The minimum Gasteiger partial charge on any atom is -0.350 e. The molecule has 1 N–H and O–H groups in total. The molecule has 156 valence electrons. The number of carbonyl (C=O) groups is 1. The molecule has 8 heteroatoms. The Morgan fingerprint density at radius 2 is 1.74 bits per heavy atom. The summed E-state index contributed by atoms with van der Waals surface area (Å²) in [4.78, 5) is 46.0. The van der Waals surface area contributed by atoms with Crippen LogP contribution in [0, 0.1) is 6.92 Å². The Bertz CT molecular complexity index is 1290. The zero-order valence-electron chi connectivity index (χ0n) is 17.0. The van der Waals surface area contributed by atoms with E-state index in [1.54, 1.807) is 42.9 Å². The van der Waals surface area contributed by atoms with Gasteiger partial charge in [0.25, 0.3) is 5.56 Å². The molecule has 0 fully saturated rings. The maximum atomic E-state index is 12.9. The van der Waals surface area contributed by atoms with Gasteiger partial charge in [0.1, 0.15) is 6.54 Å². The van der Waals surface area contributed by atoms with Gasteiger partial charge >= 0.3 is 5.69 Å². The van der Waals surface area contributed by atoms with E-state index in [0.29, 0.717) is 6.54 Å². The van der Waals surface area contributed by atoms with Crippen LogP contribution in [0.15, 0.2) is 76.7 Å². The number of fused-ring (bicyclic) bond motifs is 1. The van der Waals surface area contributed by atoms with E-state index in [1.165, 1.54) is 4.57 Å². The Kier molecular flexibility index (Phi) is 5.70. The number of nitrogens with one attached hydrogen (secondary N) is 1. The molecule has 2 aliphatic rings. The van der Waals surface area contributed by atoms with E-state index in [1.807, 2.05) is 31.2 Å². The number of rotatable bonds is 6. The second-order valence-electron chi connectivity index (χ2n) is 7.28. The fraction of sp³-hybridized carbons (Fsp3) is 0.174. The molecular weight excluding hydrogens is 394 g/mol. The maximum Gasteiger partial charge on any atom is 0.352 e. The average Bonchev–Trinajstić information content (AvgIpc) is 2.77. The predicted molar refractivity (Wildman–Crippen MR) is 116 cm³/mol. The molecule has 0 saturated carbocycles. The molecule has 0 aliphatic carbocycles. The number of nitrogens with zero attached hydrogens (tertiary/aromatic N) is 4. The number of benzene rings is 1. The summed E-state index contributed by atoms with van der Waals surface area (Å²) in [6.45, 7) is 2.45. The van der Waals surface area contributed by atoms with Crippen molar-refractivity contribution in [2.45, 2.75) is 26.6 Å². The number of aromatic nitrogens is 4. The van der Waals surface area contributed by atoms with Gasteiger partial charge in [0.05, 0.1) is 12.1 Å². The lowest BCUT2D eigenvalue weighted by Crippen LogP contribution is -2.38. The van der Waals surface area contributed by atoms with Crippen molar-refractivity contribution in [2.75, 3.05) is 0 Å². The van der Waals surface area contributed by atoms with Crippen LogP contribution >= 0.6 is 0 Å². The van der Waals surface area contributed by atoms with Gasteiger partial charge in [-0.15, -0.1) is 0 Å². The number of hydrogen-bond acceptors (Lipinski definition) is 5. The third-order valence-electron chi connectivity index (χ3n) is 4.96. The molecule has 0 spiro atoms. The Morgan fingerprint density at radius 1 is 1.00 bits per heavy atom. The number of pyridine rings is 2. The Morgan fingerprint density at radius 3 is 2.48 bits per heavy atom. The van der Waals surface area contributed by atoms with E-state index in [9.17, 15) is 14.4 Å². The first-order chi connectivity index (χ1) is 15.0. The Balaban J connectivity index is 1.56. The third-order valence-corrected chi connectivity index (χ3v) is 4.96. The van der Waals surface area contributed by atoms with Crippen LogP contribution in [-0.4, -0.2) is 25.0 Å². The lowest BCUT2D eigenvalue weighted by molar-refractivity contribution is -0.121. The Hall–Kier alpha value is -4.07. The lowest BCUT2D eigenvalue weighted by atomic mass is 10.1. The molecule has 0 radical (unpaired) electrons. The fourth-order valence-corrected chi connectivity index (χ4v) is 3.27. The number of carbonyl (C=O) groups excluding carboxylic acids is 1. The zero-order chi connectivity index (χ0) is 21.8. The highest BCUT2D eigenvalue weighted by Crippen LogP contribution is 2.13. The van der Waals surface area contributed by atoms with Crippen molar-refractivity contribution in [1.82, 2.24) is 24.4 Å². The van der Waals surface area contributed by atoms with Gasteiger partial charge in [-0.05, 0) is 42.3 Å². The second-order valence-corrected chi connectivity index (χ2v) is 7.28. The normalized spacial score (nSPS) is 10.9. The molecule has 4 rings (SSSR count). The number of aryl methyl sites for hydroxylation is 1. The van der Waals surface area contributed by atoms with Crippen LogP contribution in [0.25, 0.3) is 11.4 Å². The lowest BCUT2D eigenvalue weighted by Gasteiger charge is -2.15. The SMILES string of the molecule is Cc1ccc(CNC(=O)Cn2cccc3c(=O)n(Cc4ccncc4)c(=O)nc2-3)cc1. The standard InChI is InChI=1S/C23H21N5O3/c1-16-4-6-17(7-5-16)13-25-20(29)15-27-12-2-3-19-21(27)26-23(31)28(22(19)30)14-18-8-10-24-11-9-18/h2-12H,13-15H2,1H3,(H,25,29). The average molecular weight is 415 g/mol. The van der Waals surface area contributed by atoms with Crippen molar-refractivity contribution in [2.24, 2.45) is 0 Å². The molecule has 2 aromatic rings. The van der Waals surface area contributed by atoms with Gasteiger partial charge in [-0.1, -0.05) is 29.8 Å². The molecule has 0 unspecified atom stereocenters. The largest absolute Gasteiger partial charge is 0.352 e. The molecule has 0 saturated heterocycles. The molecule has 31 heavy (non-hydrogen) atoms. The predicted octanol–water partition coefficient (Wildman–Crippen LogP) is 1.58. The highest BCUT2D eigenvalue weighted by Gasteiger charge is 2.18. The molecule has 0 bridgehead atoms. The van der Waals surface area contributed by atoms with Gasteiger partial charge in [0.2, 0.25) is 5.91 Å². The summed E-state index contributed by atoms with van der Waals surface area (Å²) in [5.74, 6) is -0.0535. The van der Waals surface area contributed by atoms with E-state index in [0.717, 1.165) is 21.3 Å². The topological polar surface area (TPSA) is 98.9 Å². The minimum absolute atomic E-state index is 0.0521. The quantitative estimate of drug-likeness (QED) is 0.516. The van der Waals surface area contributed by atoms with E-state index >= 15 is 0 Å². The highest BCUT2D eigenvalue weighted by atomic mass is 16.2. The van der Waals surface area contributed by atoms with Crippen molar-refractivity contribution in [3.63, 3.8) is 0 Å². The summed E-state index contributed by atoms with van der Waals surface area (Å²) in [6.07, 6.45) is 4.83. The number of amides is 1. The first-order valence-corrected chi connectivity index (χ1v) is 9.82. The summed E-state index contributed by atoms with van der Waals surface area (Å²) >= 11 is 0. The Labute approximate surface area is 178 Å². The van der Waals surface area contributed by atoms with Crippen LogP contribution in [0.3, 0.4) is 0 Å². The summed E-state index contributed by atoms with van der Waals surface area (Å²) in [7, 11) is 0. The molecule has 1 aromatic heterocycles. The molecular formula is C23H21N5O3. The van der Waals surface area contributed by atoms with Crippen LogP contribution < -0.4 is 16.6 Å². The summed E-state index contributed by atoms with van der Waals surface area (Å²) in [5, 5.41) is 2.85. The van der Waals surface area contributed by atoms with E-state index < -0.39 is 11.2 Å². The third kappa shape index (κ3) is 4.58. The second kappa shape index (κ2) is 8.74. The van der Waals surface area contributed by atoms with E-state index in [2.05, 4.69) is 15.3 Å². The van der Waals surface area contributed by atoms with E-state index in [4.69, 9.17) is 0 Å². The first-order valence-electron chi connectivity index (χ1n) is 9.82. The molecule has 0 atom stereocenters. The monoisotopic (exact) mass is 415 g/mol. The van der Waals surface area contributed by atoms with Crippen molar-refractivity contribution in [3.8, 4) is 11.4 Å². The molecule has 2 aliphatic heterocycles. The zero-order valence-corrected chi connectivity index (χ0v) is 17.0. The van der Waals surface area contributed by atoms with Gasteiger partial charge in [-0.25, -0.2) is 4.79 Å². The van der Waals surface area contributed by atoms with Crippen LogP contribution in [0.1, 0.15) is 16.7 Å². The summed E-state index contributed by atoms with van der Waals surface area (Å²) < 4.78 is 2.60. The van der Waals surface area contributed by atoms with E-state index in [-0.39, 0.29) is 30.4 Å². The van der Waals surface area contributed by atoms with Crippen LogP contribution in [0.5, 0.6) is 0 Å². The highest BCUT2D eigenvalue weighted by molar-refractivity contribution is 5.76. The van der Waals surface area contributed by atoms with Crippen molar-refractivity contribution >= 4 is 5.91 Å². The number of hydrogen-bond donors (Lipinski definition) is 1. The summed E-state index contributed by atoms with van der Waals surface area (Å²) in [6, 6.07) is 14.6. The molecule has 1 aromatic carbocycles. The van der Waals surface area contributed by atoms with Crippen LogP contribution in [-0.2, 0) is 24.4 Å². The summed E-state index contributed by atoms with van der Waals surface area (Å²) in [5.41, 5.74) is 2.09.